The number of hydrogen-bond donors (Lipinski definition) is 2. The van der Waals surface area contributed by atoms with Crippen LogP contribution < -0.4 is 25.5 Å². The van der Waals surface area contributed by atoms with Gasteiger partial charge in [-0.25, -0.2) is 4.79 Å². The fourth-order valence-electron chi connectivity index (χ4n) is 3.97. The Morgan fingerprint density at radius 3 is 2.71 bits per heavy atom. The number of methoxy groups -OCH3 is 1. The molecule has 1 aliphatic rings. The smallest absolute Gasteiger partial charge is 0.330 e. The molecule has 0 unspecified atom stereocenters. The molecule has 2 aromatic carbocycles. The number of aromatic hydroxyl groups is 1. The van der Waals surface area contributed by atoms with Crippen LogP contribution >= 0.6 is 11.6 Å². The average Bonchev–Trinajstić information content (AvgIpc) is 3.36. The van der Waals surface area contributed by atoms with E-state index in [4.69, 9.17) is 25.8 Å². The maximum atomic E-state index is 12.9. The Labute approximate surface area is 221 Å². The van der Waals surface area contributed by atoms with Gasteiger partial charge in [-0.1, -0.05) is 23.7 Å². The summed E-state index contributed by atoms with van der Waals surface area (Å²) in [5, 5.41) is 10.5. The van der Waals surface area contributed by atoms with E-state index in [1.54, 1.807) is 37.4 Å². The number of amides is 1. The summed E-state index contributed by atoms with van der Waals surface area (Å²) in [6, 6.07) is 8.46. The van der Waals surface area contributed by atoms with E-state index in [0.29, 0.717) is 39.6 Å². The standard InChI is InChI=1S/C26H24ClN3O8/c1-29(24(33)16-6-4-5-7-17(16)27)11-10-14-12-19-22(38-13-37-19)21(36-3)15(14)8-9-18(31)20-23(32)28-26(35)30(2)25(20)34/h4-9,12,34H,10-11,13H2,1-3H3,(H,28,32,35). The van der Waals surface area contributed by atoms with Crippen molar-refractivity contribution in [2.75, 3.05) is 27.5 Å². The van der Waals surface area contributed by atoms with Crippen LogP contribution in [0.15, 0.2) is 46.0 Å². The Balaban J connectivity index is 1.67. The third kappa shape index (κ3) is 5.00. The van der Waals surface area contributed by atoms with Crippen molar-refractivity contribution in [3.05, 3.63) is 84.5 Å². The summed E-state index contributed by atoms with van der Waals surface area (Å²) >= 11 is 6.17. The average molecular weight is 542 g/mol. The number of carbonyl (C=O) groups excluding carboxylic acids is 2. The summed E-state index contributed by atoms with van der Waals surface area (Å²) in [4.78, 5) is 53.1. The van der Waals surface area contributed by atoms with Crippen LogP contribution in [-0.2, 0) is 13.5 Å². The molecule has 38 heavy (non-hydrogen) atoms. The number of nitrogens with one attached hydrogen (secondary N) is 1. The van der Waals surface area contributed by atoms with Crippen molar-refractivity contribution < 1.29 is 28.9 Å². The summed E-state index contributed by atoms with van der Waals surface area (Å²) in [6.07, 6.45) is 2.83. The first-order chi connectivity index (χ1) is 18.1. The van der Waals surface area contributed by atoms with E-state index >= 15 is 0 Å². The molecule has 0 aliphatic carbocycles. The lowest BCUT2D eigenvalue weighted by atomic mass is 10.00. The zero-order valence-corrected chi connectivity index (χ0v) is 21.5. The highest BCUT2D eigenvalue weighted by atomic mass is 35.5. The molecular formula is C26H24ClN3O8. The minimum atomic E-state index is -1.02. The number of halogens is 1. The van der Waals surface area contributed by atoms with Gasteiger partial charge < -0.3 is 24.2 Å². The summed E-state index contributed by atoms with van der Waals surface area (Å²) in [5.41, 5.74) is -0.986. The van der Waals surface area contributed by atoms with Gasteiger partial charge in [0.15, 0.2) is 17.3 Å². The fourth-order valence-corrected chi connectivity index (χ4v) is 4.19. The first-order valence-corrected chi connectivity index (χ1v) is 11.8. The van der Waals surface area contributed by atoms with Crippen LogP contribution in [0.25, 0.3) is 6.08 Å². The second-order valence-corrected chi connectivity index (χ2v) is 8.79. The second kappa shape index (κ2) is 10.9. The normalized spacial score (nSPS) is 12.1. The minimum Gasteiger partial charge on any atom is -0.494 e. The van der Waals surface area contributed by atoms with Gasteiger partial charge in [0.1, 0.15) is 5.56 Å². The van der Waals surface area contributed by atoms with Crippen molar-refractivity contribution in [2.45, 2.75) is 6.42 Å². The molecule has 0 saturated carbocycles. The molecule has 1 aliphatic heterocycles. The number of aromatic nitrogens is 2. The lowest BCUT2D eigenvalue weighted by Gasteiger charge is -2.20. The highest BCUT2D eigenvalue weighted by molar-refractivity contribution is 6.33. The Morgan fingerprint density at radius 2 is 2.00 bits per heavy atom. The predicted octanol–water partition coefficient (Wildman–Crippen LogP) is 2.38. The van der Waals surface area contributed by atoms with Crippen LogP contribution in [0.4, 0.5) is 0 Å². The monoisotopic (exact) mass is 541 g/mol. The Kier molecular flexibility index (Phi) is 7.58. The fraction of sp³-hybridized carbons (Fsp3) is 0.231. The maximum Gasteiger partial charge on any atom is 0.330 e. The van der Waals surface area contributed by atoms with E-state index in [9.17, 15) is 24.3 Å². The van der Waals surface area contributed by atoms with Crippen LogP contribution in [0, 0.1) is 0 Å². The van der Waals surface area contributed by atoms with E-state index < -0.39 is 28.5 Å². The predicted molar refractivity (Wildman–Crippen MR) is 139 cm³/mol. The Bertz CT molecular complexity index is 1570. The highest BCUT2D eigenvalue weighted by Crippen LogP contribution is 2.45. The van der Waals surface area contributed by atoms with Crippen molar-refractivity contribution in [3.63, 3.8) is 0 Å². The molecule has 3 aromatic rings. The van der Waals surface area contributed by atoms with Gasteiger partial charge in [0.25, 0.3) is 11.5 Å². The van der Waals surface area contributed by atoms with Crippen molar-refractivity contribution in [3.8, 4) is 23.1 Å². The van der Waals surface area contributed by atoms with E-state index in [-0.39, 0.29) is 25.0 Å². The van der Waals surface area contributed by atoms with E-state index in [1.165, 1.54) is 25.1 Å². The molecule has 198 valence electrons. The molecule has 4 rings (SSSR count). The summed E-state index contributed by atoms with van der Waals surface area (Å²) in [5.74, 6) is -0.793. The second-order valence-electron chi connectivity index (χ2n) is 8.39. The van der Waals surface area contributed by atoms with Crippen LogP contribution in [0.3, 0.4) is 0 Å². The minimum absolute atomic E-state index is 0.0244. The number of carbonyl (C=O) groups is 2. The number of H-pyrrole nitrogens is 1. The summed E-state index contributed by atoms with van der Waals surface area (Å²) in [6.45, 7) is 0.256. The Morgan fingerprint density at radius 1 is 1.26 bits per heavy atom. The lowest BCUT2D eigenvalue weighted by molar-refractivity contribution is 0.0796. The number of likely N-dealkylation sites (N-methyl/N-ethyl adjacent to an activating group) is 1. The summed E-state index contributed by atoms with van der Waals surface area (Å²) < 4.78 is 17.4. The van der Waals surface area contributed by atoms with Gasteiger partial charge in [0.05, 0.1) is 17.7 Å². The SMILES string of the molecule is COc1c(C=CC(=O)c2c(O)n(C)c(=O)[nH]c2=O)c(CCN(C)C(=O)c2ccccc2Cl)cc2c1OCO2. The molecule has 11 nitrogen and oxygen atoms in total. The highest BCUT2D eigenvalue weighted by Gasteiger charge is 2.25. The molecule has 1 aromatic heterocycles. The van der Waals surface area contributed by atoms with Gasteiger partial charge in [0.2, 0.25) is 18.4 Å². The van der Waals surface area contributed by atoms with Crippen LogP contribution in [0.2, 0.25) is 5.02 Å². The number of benzene rings is 2. The number of rotatable bonds is 8. The molecule has 0 bridgehead atoms. The lowest BCUT2D eigenvalue weighted by Crippen LogP contribution is -2.32. The number of aromatic amines is 1. The molecule has 0 spiro atoms. The van der Waals surface area contributed by atoms with Gasteiger partial charge >= 0.3 is 5.69 Å². The van der Waals surface area contributed by atoms with Gasteiger partial charge in [-0.2, -0.15) is 0 Å². The van der Waals surface area contributed by atoms with Crippen LogP contribution in [0.1, 0.15) is 31.8 Å². The number of ketones is 1. The van der Waals surface area contributed by atoms with Crippen molar-refractivity contribution >= 4 is 29.4 Å². The van der Waals surface area contributed by atoms with Gasteiger partial charge in [-0.15, -0.1) is 0 Å². The Hall–Kier alpha value is -4.51. The molecule has 0 radical (unpaired) electrons. The molecule has 0 fully saturated rings. The number of hydrogen-bond acceptors (Lipinski definition) is 8. The van der Waals surface area contributed by atoms with E-state index in [2.05, 4.69) is 0 Å². The topological polar surface area (TPSA) is 140 Å². The van der Waals surface area contributed by atoms with Crippen molar-refractivity contribution in [2.24, 2.45) is 7.05 Å². The van der Waals surface area contributed by atoms with Crippen molar-refractivity contribution in [1.29, 1.82) is 0 Å². The maximum absolute atomic E-state index is 12.9. The van der Waals surface area contributed by atoms with Crippen LogP contribution in [0.5, 0.6) is 23.1 Å². The molecule has 1 amide bonds. The third-order valence-corrected chi connectivity index (χ3v) is 6.39. The van der Waals surface area contributed by atoms with E-state index in [1.807, 2.05) is 4.98 Å². The molecule has 0 saturated heterocycles. The van der Waals surface area contributed by atoms with Crippen LogP contribution in [-0.4, -0.2) is 58.7 Å². The molecule has 0 atom stereocenters. The molecular weight excluding hydrogens is 518 g/mol. The van der Waals surface area contributed by atoms with Gasteiger partial charge in [0, 0.05) is 26.2 Å². The number of ether oxygens (including phenoxy) is 3. The number of allylic oxidation sites excluding steroid dienone is 1. The largest absolute Gasteiger partial charge is 0.494 e. The zero-order valence-electron chi connectivity index (χ0n) is 20.7. The van der Waals surface area contributed by atoms with Gasteiger partial charge in [-0.05, 0) is 42.3 Å². The zero-order chi connectivity index (χ0) is 27.6. The first-order valence-electron chi connectivity index (χ1n) is 11.4. The van der Waals surface area contributed by atoms with E-state index in [0.717, 1.165) is 10.6 Å². The molecule has 12 heteroatoms. The summed E-state index contributed by atoms with van der Waals surface area (Å²) in [7, 11) is 4.29. The number of fused-ring (bicyclic) bond motifs is 1. The number of nitrogens with zero attached hydrogens (tertiary/aromatic N) is 2. The third-order valence-electron chi connectivity index (χ3n) is 6.06. The van der Waals surface area contributed by atoms with Crippen molar-refractivity contribution in [1.82, 2.24) is 14.5 Å². The van der Waals surface area contributed by atoms with Gasteiger partial charge in [-0.3, -0.25) is 23.9 Å². The molecule has 2 heterocycles. The quantitative estimate of drug-likeness (QED) is 0.327. The first kappa shape index (κ1) is 26.6. The molecule has 2 N–H and O–H groups in total.